The molecule has 3 heteroatoms. The number of aromatic amines is 1. The topological polar surface area (TPSA) is 32.9 Å². The first-order valence-corrected chi connectivity index (χ1v) is 4.42. The molecule has 1 N–H and O–H groups in total. The fourth-order valence-corrected chi connectivity index (χ4v) is 1.46. The van der Waals surface area contributed by atoms with Crippen molar-refractivity contribution in [2.24, 2.45) is 0 Å². The van der Waals surface area contributed by atoms with E-state index in [4.69, 9.17) is 0 Å². The molecule has 2 rings (SSSR count). The molecule has 0 atom stereocenters. The maximum Gasteiger partial charge on any atom is 0.256 e. The van der Waals surface area contributed by atoms with Crippen LogP contribution in [0.1, 0.15) is 12.6 Å². The molecule has 1 heterocycles. The molecule has 0 unspecified atom stereocenters. The van der Waals surface area contributed by atoms with Gasteiger partial charge in [0.2, 0.25) is 0 Å². The van der Waals surface area contributed by atoms with Crippen LogP contribution in [0.15, 0.2) is 35.1 Å². The van der Waals surface area contributed by atoms with Crippen LogP contribution in [0, 0.1) is 0 Å². The van der Waals surface area contributed by atoms with Gasteiger partial charge >= 0.3 is 0 Å². The van der Waals surface area contributed by atoms with Crippen molar-refractivity contribution in [2.75, 3.05) is 0 Å². The second kappa shape index (κ2) is 4.29. The monoisotopic (exact) mass is 209 g/mol. The summed E-state index contributed by atoms with van der Waals surface area (Å²) in [5, 5.41) is 1.78. The van der Waals surface area contributed by atoms with Gasteiger partial charge in [-0.15, -0.1) is 12.4 Å². The van der Waals surface area contributed by atoms with Gasteiger partial charge in [0.15, 0.2) is 0 Å². The van der Waals surface area contributed by atoms with Crippen LogP contribution in [0.3, 0.4) is 0 Å². The Bertz CT molecular complexity index is 490. The Labute approximate surface area is 88.4 Å². The van der Waals surface area contributed by atoms with E-state index in [-0.39, 0.29) is 18.0 Å². The van der Waals surface area contributed by atoms with Crippen molar-refractivity contribution in [3.05, 3.63) is 46.4 Å². The van der Waals surface area contributed by atoms with E-state index in [1.54, 1.807) is 0 Å². The molecule has 0 aliphatic heterocycles. The summed E-state index contributed by atoms with van der Waals surface area (Å²) in [5.41, 5.74) is 0.999. The minimum Gasteiger partial charge on any atom is -0.326 e. The molecule has 0 fully saturated rings. The molecule has 2 nitrogen and oxygen atoms in total. The van der Waals surface area contributed by atoms with Gasteiger partial charge in [-0.05, 0) is 23.9 Å². The van der Waals surface area contributed by atoms with Gasteiger partial charge in [0.25, 0.3) is 5.56 Å². The second-order valence-corrected chi connectivity index (χ2v) is 3.06. The van der Waals surface area contributed by atoms with E-state index in [9.17, 15) is 4.79 Å². The lowest BCUT2D eigenvalue weighted by Gasteiger charge is -1.99. The predicted octanol–water partition coefficient (Wildman–Crippen LogP) is 2.51. The fourth-order valence-electron chi connectivity index (χ4n) is 1.46. The van der Waals surface area contributed by atoms with E-state index in [2.05, 4.69) is 4.98 Å². The number of rotatable bonds is 1. The normalized spacial score (nSPS) is 9.79. The van der Waals surface area contributed by atoms with Gasteiger partial charge in [-0.3, -0.25) is 4.79 Å². The van der Waals surface area contributed by atoms with Crippen LogP contribution in [0.25, 0.3) is 10.8 Å². The first kappa shape index (κ1) is 10.8. The first-order chi connectivity index (χ1) is 6.31. The van der Waals surface area contributed by atoms with E-state index in [1.807, 2.05) is 37.3 Å². The summed E-state index contributed by atoms with van der Waals surface area (Å²) in [7, 11) is 0. The highest BCUT2D eigenvalue weighted by molar-refractivity contribution is 5.85. The molecule has 0 radical (unpaired) electrons. The zero-order valence-corrected chi connectivity index (χ0v) is 8.73. The highest BCUT2D eigenvalue weighted by atomic mass is 35.5. The zero-order chi connectivity index (χ0) is 9.26. The van der Waals surface area contributed by atoms with Crippen LogP contribution in [0.4, 0.5) is 0 Å². The number of benzene rings is 1. The molecule has 2 aromatic rings. The van der Waals surface area contributed by atoms with Gasteiger partial charge in [-0.25, -0.2) is 0 Å². The van der Waals surface area contributed by atoms with E-state index >= 15 is 0 Å². The Morgan fingerprint density at radius 1 is 1.29 bits per heavy atom. The lowest BCUT2D eigenvalue weighted by atomic mass is 10.1. The third kappa shape index (κ3) is 1.80. The summed E-state index contributed by atoms with van der Waals surface area (Å²) in [6.07, 6.45) is 0.861. The molecular weight excluding hydrogens is 198 g/mol. The Kier molecular flexibility index (Phi) is 3.31. The summed E-state index contributed by atoms with van der Waals surface area (Å²) >= 11 is 0. The van der Waals surface area contributed by atoms with Crippen molar-refractivity contribution < 1.29 is 0 Å². The number of halogens is 1. The average Bonchev–Trinajstić information content (AvgIpc) is 2.18. The first-order valence-electron chi connectivity index (χ1n) is 4.42. The number of nitrogens with one attached hydrogen (secondary N) is 1. The van der Waals surface area contributed by atoms with Crippen LogP contribution >= 0.6 is 12.4 Å². The third-order valence-electron chi connectivity index (χ3n) is 2.19. The Morgan fingerprint density at radius 2 is 2.00 bits per heavy atom. The van der Waals surface area contributed by atoms with E-state index < -0.39 is 0 Å². The van der Waals surface area contributed by atoms with E-state index in [0.717, 1.165) is 22.9 Å². The van der Waals surface area contributed by atoms with Gasteiger partial charge in [0.1, 0.15) is 0 Å². The minimum atomic E-state index is 0. The molecule has 14 heavy (non-hydrogen) atoms. The summed E-state index contributed by atoms with van der Waals surface area (Å²) in [6, 6.07) is 9.65. The van der Waals surface area contributed by atoms with E-state index in [0.29, 0.717) is 0 Å². The Hall–Kier alpha value is -1.28. The number of aryl methyl sites for hydroxylation is 1. The number of hydrogen-bond donors (Lipinski definition) is 1. The quantitative estimate of drug-likeness (QED) is 0.769. The number of pyridine rings is 1. The van der Waals surface area contributed by atoms with Gasteiger partial charge in [-0.1, -0.05) is 25.1 Å². The van der Waals surface area contributed by atoms with E-state index in [1.165, 1.54) is 0 Å². The standard InChI is InChI=1S/C11H11NO.ClH/c1-2-9-7-8-5-3-4-6-10(8)11(13)12-9;/h3-7H,2H2,1H3,(H,12,13);1H. The number of aromatic nitrogens is 1. The van der Waals surface area contributed by atoms with Crippen molar-refractivity contribution >= 4 is 23.2 Å². The average molecular weight is 210 g/mol. The number of H-pyrrole nitrogens is 1. The SMILES string of the molecule is CCc1cc2ccccc2c(=O)[nH]1.Cl. The summed E-state index contributed by atoms with van der Waals surface area (Å²) in [4.78, 5) is 14.3. The lowest BCUT2D eigenvalue weighted by Crippen LogP contribution is -2.08. The molecule has 1 aromatic carbocycles. The van der Waals surface area contributed by atoms with Crippen LogP contribution in [-0.4, -0.2) is 4.98 Å². The molecule has 0 bridgehead atoms. The molecule has 0 saturated carbocycles. The van der Waals surface area contributed by atoms with Crippen LogP contribution in [-0.2, 0) is 6.42 Å². The predicted molar refractivity (Wildman–Crippen MR) is 61.2 cm³/mol. The summed E-state index contributed by atoms with van der Waals surface area (Å²) in [6.45, 7) is 2.03. The Balaban J connectivity index is 0.000000980. The Morgan fingerprint density at radius 3 is 2.71 bits per heavy atom. The van der Waals surface area contributed by atoms with Crippen molar-refractivity contribution in [3.8, 4) is 0 Å². The lowest BCUT2D eigenvalue weighted by molar-refractivity contribution is 1.02. The highest BCUT2D eigenvalue weighted by Gasteiger charge is 1.98. The summed E-state index contributed by atoms with van der Waals surface area (Å²) < 4.78 is 0. The number of hydrogen-bond acceptors (Lipinski definition) is 1. The minimum absolute atomic E-state index is 0. The third-order valence-corrected chi connectivity index (χ3v) is 2.19. The summed E-state index contributed by atoms with van der Waals surface area (Å²) in [5.74, 6) is 0. The van der Waals surface area contributed by atoms with Crippen molar-refractivity contribution in [2.45, 2.75) is 13.3 Å². The van der Waals surface area contributed by atoms with Crippen molar-refractivity contribution in [1.29, 1.82) is 0 Å². The second-order valence-electron chi connectivity index (χ2n) is 3.06. The molecule has 0 spiro atoms. The van der Waals surface area contributed by atoms with Crippen molar-refractivity contribution in [3.63, 3.8) is 0 Å². The molecule has 74 valence electrons. The molecular formula is C11H12ClNO. The van der Waals surface area contributed by atoms with Gasteiger partial charge in [0.05, 0.1) is 0 Å². The van der Waals surface area contributed by atoms with Gasteiger partial charge < -0.3 is 4.98 Å². The molecule has 0 aliphatic rings. The smallest absolute Gasteiger partial charge is 0.256 e. The van der Waals surface area contributed by atoms with Gasteiger partial charge in [0, 0.05) is 11.1 Å². The zero-order valence-electron chi connectivity index (χ0n) is 7.91. The maximum absolute atomic E-state index is 11.5. The molecule has 0 aliphatic carbocycles. The van der Waals surface area contributed by atoms with Crippen LogP contribution in [0.5, 0.6) is 0 Å². The molecule has 0 amide bonds. The largest absolute Gasteiger partial charge is 0.326 e. The maximum atomic E-state index is 11.5. The van der Waals surface area contributed by atoms with Gasteiger partial charge in [-0.2, -0.15) is 0 Å². The van der Waals surface area contributed by atoms with Crippen LogP contribution in [0.2, 0.25) is 0 Å². The fraction of sp³-hybridized carbons (Fsp3) is 0.182. The van der Waals surface area contributed by atoms with Crippen LogP contribution < -0.4 is 5.56 Å². The van der Waals surface area contributed by atoms with Crippen molar-refractivity contribution in [1.82, 2.24) is 4.98 Å². The molecule has 0 saturated heterocycles. The number of fused-ring (bicyclic) bond motifs is 1. The highest BCUT2D eigenvalue weighted by Crippen LogP contribution is 2.09. The molecule has 1 aromatic heterocycles.